The number of hydrogen-bond donors (Lipinski definition) is 2. The molecule has 0 radical (unpaired) electrons. The molecule has 0 saturated heterocycles. The maximum absolute atomic E-state index is 10.7. The topological polar surface area (TPSA) is 72.9 Å². The third kappa shape index (κ3) is 2.90. The summed E-state index contributed by atoms with van der Waals surface area (Å²) in [4.78, 5) is 15.4. The van der Waals surface area contributed by atoms with Crippen molar-refractivity contribution in [2.75, 3.05) is 6.54 Å². The van der Waals surface area contributed by atoms with Crippen molar-refractivity contribution in [1.29, 1.82) is 0 Å². The van der Waals surface area contributed by atoms with E-state index in [1.807, 2.05) is 0 Å². The largest absolute Gasteiger partial charge is 0.370 e. The quantitative estimate of drug-likeness (QED) is 0.732. The molecule has 0 unspecified atom stereocenters. The number of nitrogens with one attached hydrogen (secondary N) is 1. The molecule has 0 bridgehead atoms. The molecule has 0 aliphatic carbocycles. The molecular formula is C13H22N4O. The molecule has 100 valence electrons. The van der Waals surface area contributed by atoms with E-state index in [1.165, 1.54) is 17.2 Å². The van der Waals surface area contributed by atoms with Gasteiger partial charge >= 0.3 is 0 Å². The zero-order valence-electron chi connectivity index (χ0n) is 11.0. The van der Waals surface area contributed by atoms with E-state index in [4.69, 9.17) is 10.7 Å². The Morgan fingerprint density at radius 3 is 3.06 bits per heavy atom. The Balaban J connectivity index is 2.01. The van der Waals surface area contributed by atoms with Crippen LogP contribution in [0.15, 0.2) is 0 Å². The fourth-order valence-corrected chi connectivity index (χ4v) is 2.53. The Hall–Kier alpha value is -1.36. The molecule has 18 heavy (non-hydrogen) atoms. The molecule has 5 nitrogen and oxygen atoms in total. The van der Waals surface area contributed by atoms with Gasteiger partial charge in [0.15, 0.2) is 0 Å². The SMILES string of the molecule is CCc1nc2c(n1CCCCC(N)=O)CCNC2. The van der Waals surface area contributed by atoms with E-state index in [0.29, 0.717) is 6.42 Å². The van der Waals surface area contributed by atoms with Crippen molar-refractivity contribution in [1.82, 2.24) is 14.9 Å². The van der Waals surface area contributed by atoms with Crippen LogP contribution in [0.4, 0.5) is 0 Å². The van der Waals surface area contributed by atoms with E-state index in [0.717, 1.165) is 45.3 Å². The zero-order chi connectivity index (χ0) is 13.0. The molecule has 1 aliphatic rings. The van der Waals surface area contributed by atoms with Crippen molar-refractivity contribution in [3.8, 4) is 0 Å². The summed E-state index contributed by atoms with van der Waals surface area (Å²) in [5, 5.41) is 3.35. The van der Waals surface area contributed by atoms with Crippen LogP contribution in [0.1, 0.15) is 43.4 Å². The summed E-state index contributed by atoms with van der Waals surface area (Å²) in [5.41, 5.74) is 7.73. The molecule has 1 aromatic heterocycles. The predicted octanol–water partition coefficient (Wildman–Crippen LogP) is 0.747. The van der Waals surface area contributed by atoms with Gasteiger partial charge in [0, 0.05) is 44.6 Å². The van der Waals surface area contributed by atoms with Crippen molar-refractivity contribution >= 4 is 5.91 Å². The molecule has 0 spiro atoms. The monoisotopic (exact) mass is 250 g/mol. The first-order chi connectivity index (χ1) is 8.72. The number of rotatable bonds is 6. The third-order valence-corrected chi connectivity index (χ3v) is 3.44. The molecule has 1 amide bonds. The summed E-state index contributed by atoms with van der Waals surface area (Å²) in [7, 11) is 0. The van der Waals surface area contributed by atoms with Crippen molar-refractivity contribution in [2.45, 2.75) is 52.1 Å². The number of carbonyl (C=O) groups excluding carboxylic acids is 1. The minimum Gasteiger partial charge on any atom is -0.370 e. The van der Waals surface area contributed by atoms with Crippen LogP contribution in [0.3, 0.4) is 0 Å². The average Bonchev–Trinajstić information content (AvgIpc) is 2.72. The number of carbonyl (C=O) groups is 1. The highest BCUT2D eigenvalue weighted by Gasteiger charge is 2.18. The van der Waals surface area contributed by atoms with E-state index in [1.54, 1.807) is 0 Å². The Kier molecular flexibility index (Phi) is 4.36. The number of hydrogen-bond acceptors (Lipinski definition) is 3. The summed E-state index contributed by atoms with van der Waals surface area (Å²) >= 11 is 0. The first-order valence-corrected chi connectivity index (χ1v) is 6.78. The second-order valence-electron chi connectivity index (χ2n) is 4.78. The zero-order valence-corrected chi connectivity index (χ0v) is 11.0. The van der Waals surface area contributed by atoms with Crippen LogP contribution in [0.2, 0.25) is 0 Å². The number of aromatic nitrogens is 2. The number of nitrogens with zero attached hydrogens (tertiary/aromatic N) is 2. The van der Waals surface area contributed by atoms with Gasteiger partial charge in [-0.3, -0.25) is 4.79 Å². The standard InChI is InChI=1S/C13H22N4O/c1-2-13-16-10-9-15-7-6-11(10)17(13)8-4-3-5-12(14)18/h15H,2-9H2,1H3,(H2,14,18). The van der Waals surface area contributed by atoms with Gasteiger partial charge in [0.1, 0.15) is 5.82 Å². The average molecular weight is 250 g/mol. The van der Waals surface area contributed by atoms with Gasteiger partial charge in [-0.25, -0.2) is 4.98 Å². The number of amides is 1. The van der Waals surface area contributed by atoms with Crippen molar-refractivity contribution in [3.05, 3.63) is 17.2 Å². The molecule has 5 heteroatoms. The summed E-state index contributed by atoms with van der Waals surface area (Å²) in [6.07, 6.45) is 4.36. The van der Waals surface area contributed by atoms with Gasteiger partial charge in [-0.15, -0.1) is 0 Å². The van der Waals surface area contributed by atoms with Gasteiger partial charge in [-0.05, 0) is 12.8 Å². The normalized spacial score (nSPS) is 14.5. The summed E-state index contributed by atoms with van der Waals surface area (Å²) in [5.74, 6) is 0.963. The van der Waals surface area contributed by atoms with Crippen LogP contribution >= 0.6 is 0 Å². The molecule has 3 N–H and O–H groups in total. The smallest absolute Gasteiger partial charge is 0.217 e. The van der Waals surface area contributed by atoms with E-state index in [-0.39, 0.29) is 5.91 Å². The molecule has 0 atom stereocenters. The minimum atomic E-state index is -0.206. The lowest BCUT2D eigenvalue weighted by atomic mass is 10.1. The lowest BCUT2D eigenvalue weighted by Gasteiger charge is -2.16. The maximum Gasteiger partial charge on any atom is 0.217 e. The molecule has 2 heterocycles. The molecule has 0 aromatic carbocycles. The highest BCUT2D eigenvalue weighted by atomic mass is 16.1. The lowest BCUT2D eigenvalue weighted by molar-refractivity contribution is -0.118. The summed E-state index contributed by atoms with van der Waals surface area (Å²) in [6, 6.07) is 0. The first kappa shape index (κ1) is 13.1. The Morgan fingerprint density at radius 1 is 1.50 bits per heavy atom. The number of primary amides is 1. The molecular weight excluding hydrogens is 228 g/mol. The molecule has 0 fully saturated rings. The van der Waals surface area contributed by atoms with E-state index < -0.39 is 0 Å². The van der Waals surface area contributed by atoms with Crippen molar-refractivity contribution in [3.63, 3.8) is 0 Å². The van der Waals surface area contributed by atoms with E-state index >= 15 is 0 Å². The van der Waals surface area contributed by atoms with Gasteiger partial charge < -0.3 is 15.6 Å². The predicted molar refractivity (Wildman–Crippen MR) is 70.1 cm³/mol. The fourth-order valence-electron chi connectivity index (χ4n) is 2.53. The number of fused-ring (bicyclic) bond motifs is 1. The van der Waals surface area contributed by atoms with Gasteiger partial charge in [-0.2, -0.15) is 0 Å². The van der Waals surface area contributed by atoms with Gasteiger partial charge in [-0.1, -0.05) is 6.92 Å². The molecule has 1 aliphatic heterocycles. The highest BCUT2D eigenvalue weighted by molar-refractivity contribution is 5.73. The minimum absolute atomic E-state index is 0.206. The van der Waals surface area contributed by atoms with Crippen molar-refractivity contribution in [2.24, 2.45) is 5.73 Å². The number of imidazole rings is 1. The van der Waals surface area contributed by atoms with Crippen molar-refractivity contribution < 1.29 is 4.79 Å². The van der Waals surface area contributed by atoms with Crippen LogP contribution in [-0.4, -0.2) is 22.0 Å². The Morgan fingerprint density at radius 2 is 2.33 bits per heavy atom. The van der Waals surface area contributed by atoms with Crippen LogP contribution in [0.25, 0.3) is 0 Å². The first-order valence-electron chi connectivity index (χ1n) is 6.78. The summed E-state index contributed by atoms with van der Waals surface area (Å²) < 4.78 is 2.34. The Bertz CT molecular complexity index is 425. The second kappa shape index (κ2) is 6.00. The van der Waals surface area contributed by atoms with Crippen LogP contribution in [0, 0.1) is 0 Å². The number of nitrogens with two attached hydrogens (primary N) is 1. The van der Waals surface area contributed by atoms with Gasteiger partial charge in [0.2, 0.25) is 5.91 Å². The van der Waals surface area contributed by atoms with Crippen LogP contribution < -0.4 is 11.1 Å². The third-order valence-electron chi connectivity index (χ3n) is 3.44. The number of aryl methyl sites for hydroxylation is 1. The maximum atomic E-state index is 10.7. The van der Waals surface area contributed by atoms with Gasteiger partial charge in [0.05, 0.1) is 5.69 Å². The summed E-state index contributed by atoms with van der Waals surface area (Å²) in [6.45, 7) is 5.01. The highest BCUT2D eigenvalue weighted by Crippen LogP contribution is 2.17. The second-order valence-corrected chi connectivity index (χ2v) is 4.78. The lowest BCUT2D eigenvalue weighted by Crippen LogP contribution is -2.25. The molecule has 2 rings (SSSR count). The van der Waals surface area contributed by atoms with Crippen LogP contribution in [-0.2, 0) is 30.7 Å². The number of unbranched alkanes of at least 4 members (excludes halogenated alkanes) is 1. The Labute approximate surface area is 108 Å². The van der Waals surface area contributed by atoms with Crippen LogP contribution in [0.5, 0.6) is 0 Å². The van der Waals surface area contributed by atoms with Gasteiger partial charge in [0.25, 0.3) is 0 Å². The molecule has 0 saturated carbocycles. The van der Waals surface area contributed by atoms with E-state index in [9.17, 15) is 4.79 Å². The van der Waals surface area contributed by atoms with E-state index in [2.05, 4.69) is 16.8 Å². The fraction of sp³-hybridized carbons (Fsp3) is 0.692. The molecule has 1 aromatic rings.